The second kappa shape index (κ2) is 11.0. The van der Waals surface area contributed by atoms with E-state index < -0.39 is 0 Å². The van der Waals surface area contributed by atoms with Gasteiger partial charge in [-0.15, -0.1) is 11.3 Å². The van der Waals surface area contributed by atoms with Gasteiger partial charge in [-0.1, -0.05) is 41.6 Å². The van der Waals surface area contributed by atoms with Crippen molar-refractivity contribution in [3.8, 4) is 0 Å². The van der Waals surface area contributed by atoms with Crippen molar-refractivity contribution in [1.29, 1.82) is 0 Å². The number of carbonyl (C=O) groups excluding carboxylic acids is 1. The summed E-state index contributed by atoms with van der Waals surface area (Å²) in [6.45, 7) is 3.08. The topological polar surface area (TPSA) is 64.0 Å². The number of thiophene rings is 1. The average molecular weight is 468 g/mol. The zero-order valence-corrected chi connectivity index (χ0v) is 20.0. The third kappa shape index (κ3) is 5.70. The number of carbonyl (C=O) groups is 1. The molecule has 1 aromatic carbocycles. The van der Waals surface area contributed by atoms with Crippen molar-refractivity contribution in [3.05, 3.63) is 68.7 Å². The van der Waals surface area contributed by atoms with Gasteiger partial charge in [-0.05, 0) is 69.0 Å². The summed E-state index contributed by atoms with van der Waals surface area (Å²) in [6, 6.07) is 11.6. The van der Waals surface area contributed by atoms with E-state index in [1.807, 2.05) is 42.6 Å². The summed E-state index contributed by atoms with van der Waals surface area (Å²) in [5, 5.41) is 5.97. The summed E-state index contributed by atoms with van der Waals surface area (Å²) >= 11 is 3.06. The van der Waals surface area contributed by atoms with Crippen molar-refractivity contribution in [2.45, 2.75) is 62.4 Å². The summed E-state index contributed by atoms with van der Waals surface area (Å²) in [4.78, 5) is 32.0. The van der Waals surface area contributed by atoms with Crippen LogP contribution in [0.15, 0.2) is 63.4 Å². The molecule has 4 rings (SSSR count). The number of rotatable bonds is 9. The smallest absolute Gasteiger partial charge is 0.262 e. The first kappa shape index (κ1) is 22.8. The molecule has 0 spiro atoms. The lowest BCUT2D eigenvalue weighted by molar-refractivity contribution is -0.120. The number of allylic oxidation sites excluding steroid dienone is 2. The van der Waals surface area contributed by atoms with Gasteiger partial charge >= 0.3 is 0 Å². The van der Waals surface area contributed by atoms with Crippen LogP contribution in [0.3, 0.4) is 0 Å². The van der Waals surface area contributed by atoms with E-state index in [4.69, 9.17) is 4.98 Å². The molecular weight excluding hydrogens is 438 g/mol. The van der Waals surface area contributed by atoms with Crippen LogP contribution in [0, 0.1) is 0 Å². The average Bonchev–Trinajstić information content (AvgIpc) is 3.33. The van der Waals surface area contributed by atoms with E-state index in [0.717, 1.165) is 25.7 Å². The Morgan fingerprint density at radius 1 is 1.22 bits per heavy atom. The molecular formula is C25H29N3O2S2. The fourth-order valence-corrected chi connectivity index (χ4v) is 5.61. The van der Waals surface area contributed by atoms with Crippen LogP contribution in [0.2, 0.25) is 0 Å². The van der Waals surface area contributed by atoms with E-state index in [-0.39, 0.29) is 16.7 Å². The van der Waals surface area contributed by atoms with Crippen LogP contribution in [0.5, 0.6) is 0 Å². The van der Waals surface area contributed by atoms with E-state index in [9.17, 15) is 9.59 Å². The van der Waals surface area contributed by atoms with Crippen LogP contribution in [0.25, 0.3) is 10.9 Å². The second-order valence-electron chi connectivity index (χ2n) is 8.11. The third-order valence-electron chi connectivity index (χ3n) is 5.77. The number of hydrogen-bond donors (Lipinski definition) is 1. The lowest BCUT2D eigenvalue weighted by Crippen LogP contribution is -2.33. The van der Waals surface area contributed by atoms with Crippen molar-refractivity contribution < 1.29 is 4.79 Å². The molecule has 0 saturated heterocycles. The first-order chi connectivity index (χ1) is 15.6. The maximum absolute atomic E-state index is 13.3. The van der Waals surface area contributed by atoms with E-state index in [2.05, 4.69) is 17.5 Å². The molecule has 0 saturated carbocycles. The minimum absolute atomic E-state index is 0.0280. The van der Waals surface area contributed by atoms with E-state index in [0.29, 0.717) is 29.1 Å². The third-order valence-corrected chi connectivity index (χ3v) is 7.80. The summed E-state index contributed by atoms with van der Waals surface area (Å²) in [7, 11) is 0. The number of nitrogens with one attached hydrogen (secondary N) is 1. The molecule has 5 nitrogen and oxygen atoms in total. The Morgan fingerprint density at radius 3 is 2.88 bits per heavy atom. The van der Waals surface area contributed by atoms with Gasteiger partial charge in [-0.3, -0.25) is 14.2 Å². The standard InChI is InChI=1S/C25H29N3O2S2/c1-18(23(29)26-15-13-20-10-7-17-31-20)32-25-27-22-12-6-5-11-21(22)24(30)28(25)16-14-19-8-3-2-4-9-19/h5-8,10-12,17-18H,2-4,9,13-16H2,1H3,(H,26,29). The zero-order valence-electron chi connectivity index (χ0n) is 18.4. The molecule has 0 aliphatic heterocycles. The largest absolute Gasteiger partial charge is 0.355 e. The Hall–Kier alpha value is -2.38. The van der Waals surface area contributed by atoms with E-state index >= 15 is 0 Å². The highest BCUT2D eigenvalue weighted by Crippen LogP contribution is 2.25. The number of benzene rings is 1. The molecule has 1 unspecified atom stereocenters. The second-order valence-corrected chi connectivity index (χ2v) is 10.4. The molecule has 1 N–H and O–H groups in total. The fourth-order valence-electron chi connectivity index (χ4n) is 3.94. The number of thioether (sulfide) groups is 1. The monoisotopic (exact) mass is 467 g/mol. The lowest BCUT2D eigenvalue weighted by atomic mass is 9.97. The molecule has 1 amide bonds. The van der Waals surface area contributed by atoms with Crippen molar-refractivity contribution in [3.63, 3.8) is 0 Å². The van der Waals surface area contributed by atoms with Crippen LogP contribution in [0.1, 0.15) is 43.9 Å². The normalized spacial score (nSPS) is 14.8. The van der Waals surface area contributed by atoms with Crippen molar-refractivity contribution in [2.75, 3.05) is 6.54 Å². The van der Waals surface area contributed by atoms with Crippen LogP contribution in [-0.2, 0) is 17.8 Å². The first-order valence-electron chi connectivity index (χ1n) is 11.3. The highest BCUT2D eigenvalue weighted by atomic mass is 32.2. The van der Waals surface area contributed by atoms with E-state index in [1.165, 1.54) is 35.1 Å². The predicted molar refractivity (Wildman–Crippen MR) is 134 cm³/mol. The Bertz CT molecular complexity index is 1150. The molecule has 1 atom stereocenters. The van der Waals surface area contributed by atoms with E-state index in [1.54, 1.807) is 15.9 Å². The van der Waals surface area contributed by atoms with Gasteiger partial charge in [0.15, 0.2) is 5.16 Å². The van der Waals surface area contributed by atoms with Crippen molar-refractivity contribution in [1.82, 2.24) is 14.9 Å². The lowest BCUT2D eigenvalue weighted by Gasteiger charge is -2.18. The molecule has 0 fully saturated rings. The highest BCUT2D eigenvalue weighted by Gasteiger charge is 2.19. The Morgan fingerprint density at radius 2 is 2.09 bits per heavy atom. The number of fused-ring (bicyclic) bond motifs is 1. The molecule has 32 heavy (non-hydrogen) atoms. The summed E-state index contributed by atoms with van der Waals surface area (Å²) in [6.07, 6.45) is 8.72. The van der Waals surface area contributed by atoms with Crippen molar-refractivity contribution in [2.24, 2.45) is 0 Å². The molecule has 2 heterocycles. The quantitative estimate of drug-likeness (QED) is 0.267. The number of aromatic nitrogens is 2. The number of nitrogens with zero attached hydrogens (tertiary/aromatic N) is 2. The maximum atomic E-state index is 13.3. The molecule has 168 valence electrons. The van der Waals surface area contributed by atoms with Crippen LogP contribution in [-0.4, -0.2) is 27.3 Å². The van der Waals surface area contributed by atoms with Crippen LogP contribution in [0.4, 0.5) is 0 Å². The predicted octanol–water partition coefficient (Wildman–Crippen LogP) is 5.19. The molecule has 2 aromatic heterocycles. The molecule has 3 aromatic rings. The summed E-state index contributed by atoms with van der Waals surface area (Å²) in [5.41, 5.74) is 2.07. The minimum atomic E-state index is -0.341. The molecule has 0 bridgehead atoms. The number of para-hydroxylation sites is 1. The van der Waals surface area contributed by atoms with Gasteiger partial charge < -0.3 is 5.32 Å². The molecule has 0 radical (unpaired) electrons. The van der Waals surface area contributed by atoms with Gasteiger partial charge in [0.05, 0.1) is 16.2 Å². The number of hydrogen-bond acceptors (Lipinski definition) is 5. The molecule has 1 aliphatic carbocycles. The minimum Gasteiger partial charge on any atom is -0.355 e. The molecule has 1 aliphatic rings. The first-order valence-corrected chi connectivity index (χ1v) is 13.0. The van der Waals surface area contributed by atoms with Gasteiger partial charge in [-0.2, -0.15) is 0 Å². The van der Waals surface area contributed by atoms with Gasteiger partial charge in [0, 0.05) is 18.0 Å². The van der Waals surface area contributed by atoms with Gasteiger partial charge in [0.1, 0.15) is 0 Å². The Labute approximate surface area is 197 Å². The molecule has 7 heteroatoms. The van der Waals surface area contributed by atoms with Crippen LogP contribution >= 0.6 is 23.1 Å². The summed E-state index contributed by atoms with van der Waals surface area (Å²) in [5.74, 6) is -0.0319. The van der Waals surface area contributed by atoms with Crippen LogP contribution < -0.4 is 10.9 Å². The summed E-state index contributed by atoms with van der Waals surface area (Å²) < 4.78 is 1.76. The van der Waals surface area contributed by atoms with Crippen molar-refractivity contribution >= 4 is 39.9 Å². The fraction of sp³-hybridized carbons (Fsp3) is 0.400. The zero-order chi connectivity index (χ0) is 22.3. The Kier molecular flexibility index (Phi) is 7.81. The van der Waals surface area contributed by atoms with Gasteiger partial charge in [0.2, 0.25) is 5.91 Å². The maximum Gasteiger partial charge on any atom is 0.262 e. The number of amides is 1. The SMILES string of the molecule is CC(Sc1nc2ccccc2c(=O)n1CCC1=CCCCC1)C(=O)NCCc1cccs1. The Balaban J connectivity index is 1.49. The highest BCUT2D eigenvalue weighted by molar-refractivity contribution is 8.00. The van der Waals surface area contributed by atoms with Gasteiger partial charge in [-0.25, -0.2) is 4.98 Å². The van der Waals surface area contributed by atoms with Gasteiger partial charge in [0.25, 0.3) is 5.56 Å².